The van der Waals surface area contributed by atoms with Crippen LogP contribution >= 0.6 is 0 Å². The Balaban J connectivity index is 1.35. The van der Waals surface area contributed by atoms with E-state index in [1.54, 1.807) is 25.1 Å². The summed E-state index contributed by atoms with van der Waals surface area (Å²) in [4.78, 5) is 36.4. The molecule has 0 N–H and O–H groups in total. The van der Waals surface area contributed by atoms with Crippen molar-refractivity contribution < 1.29 is 18.7 Å². The number of amides is 2. The molecule has 0 aliphatic carbocycles. The molecule has 3 aromatic rings. The molecule has 2 saturated heterocycles. The van der Waals surface area contributed by atoms with E-state index >= 15 is 0 Å². The van der Waals surface area contributed by atoms with E-state index in [1.807, 2.05) is 35.7 Å². The zero-order valence-electron chi connectivity index (χ0n) is 26.5. The Morgan fingerprint density at radius 1 is 1.12 bits per heavy atom. The summed E-state index contributed by atoms with van der Waals surface area (Å²) >= 11 is 0. The maximum absolute atomic E-state index is 14.4. The number of hydrogen-bond acceptors (Lipinski definition) is 5. The number of fused-ring (bicyclic) bond motifs is 1. The zero-order chi connectivity index (χ0) is 30.8. The van der Waals surface area contributed by atoms with Crippen LogP contribution in [0, 0.1) is 24.6 Å². The summed E-state index contributed by atoms with van der Waals surface area (Å²) in [5.74, 6) is 0.548. The van der Waals surface area contributed by atoms with Gasteiger partial charge in [-0.1, -0.05) is 0 Å². The number of hydrogen-bond donors (Lipinski definition) is 0. The van der Waals surface area contributed by atoms with Gasteiger partial charge in [-0.2, -0.15) is 0 Å². The Kier molecular flexibility index (Phi) is 9.51. The molecule has 1 aromatic carbocycles. The summed E-state index contributed by atoms with van der Waals surface area (Å²) in [6, 6.07) is 4.94. The quantitative estimate of drug-likeness (QED) is 0.347. The number of aromatic nitrogens is 2. The second kappa shape index (κ2) is 13.1. The van der Waals surface area contributed by atoms with Gasteiger partial charge in [0, 0.05) is 63.7 Å². The first-order valence-corrected chi connectivity index (χ1v) is 15.6. The van der Waals surface area contributed by atoms with Gasteiger partial charge in [-0.3, -0.25) is 14.6 Å². The fraction of sp³-hybridized carbons (Fsp3) is 0.559. The molecule has 2 aliphatic heterocycles. The molecule has 232 valence electrons. The number of benzene rings is 1. The zero-order valence-corrected chi connectivity index (χ0v) is 26.5. The van der Waals surface area contributed by atoms with Crippen molar-refractivity contribution >= 4 is 22.7 Å². The highest BCUT2D eigenvalue weighted by molar-refractivity contribution is 5.99. The third-order valence-corrected chi connectivity index (χ3v) is 9.77. The Hall–Kier alpha value is -3.30. The minimum atomic E-state index is -0.428. The minimum absolute atomic E-state index is 0.0112. The third kappa shape index (κ3) is 6.48. The van der Waals surface area contributed by atoms with E-state index in [-0.39, 0.29) is 24.5 Å². The molecule has 43 heavy (non-hydrogen) atoms. The smallest absolute Gasteiger partial charge is 0.256 e. The summed E-state index contributed by atoms with van der Waals surface area (Å²) in [6.07, 6.45) is 10.0. The van der Waals surface area contributed by atoms with Crippen molar-refractivity contribution in [3.63, 3.8) is 0 Å². The van der Waals surface area contributed by atoms with Crippen molar-refractivity contribution in [2.24, 2.45) is 11.8 Å². The number of likely N-dealkylation sites (tertiary alicyclic amines) is 2. The lowest BCUT2D eigenvalue weighted by molar-refractivity contribution is -0.136. The summed E-state index contributed by atoms with van der Waals surface area (Å²) in [5.41, 5.74) is 4.27. The number of halogens is 1. The van der Waals surface area contributed by atoms with Gasteiger partial charge in [0.15, 0.2) is 0 Å². The van der Waals surface area contributed by atoms with Gasteiger partial charge in [-0.25, -0.2) is 4.39 Å². The van der Waals surface area contributed by atoms with Crippen molar-refractivity contribution in [2.75, 3.05) is 46.9 Å². The van der Waals surface area contributed by atoms with E-state index in [2.05, 4.69) is 29.9 Å². The number of carbonyl (C=O) groups excluding carboxylic acids is 2. The molecule has 2 atom stereocenters. The molecule has 2 amide bonds. The van der Waals surface area contributed by atoms with Gasteiger partial charge < -0.3 is 24.0 Å². The lowest BCUT2D eigenvalue weighted by Gasteiger charge is -2.38. The number of piperidine rings is 1. The third-order valence-electron chi connectivity index (χ3n) is 9.77. The summed E-state index contributed by atoms with van der Waals surface area (Å²) in [7, 11) is 3.32. The molecule has 8 nitrogen and oxygen atoms in total. The number of pyridine rings is 1. The van der Waals surface area contributed by atoms with Crippen LogP contribution in [0.15, 0.2) is 36.8 Å². The first kappa shape index (κ1) is 31.1. The van der Waals surface area contributed by atoms with Crippen molar-refractivity contribution in [2.45, 2.75) is 65.5 Å². The highest BCUT2D eigenvalue weighted by atomic mass is 19.1. The van der Waals surface area contributed by atoms with Crippen molar-refractivity contribution in [1.82, 2.24) is 24.3 Å². The van der Waals surface area contributed by atoms with Crippen LogP contribution in [-0.4, -0.2) is 95.1 Å². The van der Waals surface area contributed by atoms with Crippen LogP contribution in [-0.2, 0) is 16.0 Å². The second-order valence-corrected chi connectivity index (χ2v) is 12.8. The first-order chi connectivity index (χ1) is 20.6. The average molecular weight is 592 g/mol. The van der Waals surface area contributed by atoms with Crippen LogP contribution in [0.1, 0.15) is 61.5 Å². The SMILES string of the molecule is COCC(=O)N1CCC([C@H](C)N2CC[C@H](Cc3cn(-c4ccc(F)cc4C(=O)N(C)C(C)C)c4cncc(C)c34)C2)CC1. The average Bonchev–Trinajstić information content (AvgIpc) is 3.62. The van der Waals surface area contributed by atoms with Crippen molar-refractivity contribution in [3.8, 4) is 5.69 Å². The van der Waals surface area contributed by atoms with Gasteiger partial charge in [0.25, 0.3) is 5.91 Å². The molecule has 0 bridgehead atoms. The molecule has 2 fully saturated rings. The largest absolute Gasteiger partial charge is 0.375 e. The lowest BCUT2D eigenvalue weighted by Crippen LogP contribution is -2.46. The number of ether oxygens (including phenoxy) is 1. The van der Waals surface area contributed by atoms with Gasteiger partial charge in [0.05, 0.1) is 23.0 Å². The van der Waals surface area contributed by atoms with Crippen LogP contribution in [0.3, 0.4) is 0 Å². The molecule has 9 heteroatoms. The Morgan fingerprint density at radius 2 is 1.86 bits per heavy atom. The monoisotopic (exact) mass is 591 g/mol. The molecular weight excluding hydrogens is 545 g/mol. The van der Waals surface area contributed by atoms with E-state index in [0.29, 0.717) is 29.1 Å². The molecule has 5 rings (SSSR count). The van der Waals surface area contributed by atoms with Gasteiger partial charge >= 0.3 is 0 Å². The lowest BCUT2D eigenvalue weighted by atomic mass is 9.89. The molecule has 0 unspecified atom stereocenters. The fourth-order valence-electron chi connectivity index (χ4n) is 6.96. The number of aryl methyl sites for hydroxylation is 1. The minimum Gasteiger partial charge on any atom is -0.375 e. The van der Waals surface area contributed by atoms with Gasteiger partial charge in [-0.05, 0) is 101 Å². The van der Waals surface area contributed by atoms with E-state index in [4.69, 9.17) is 4.74 Å². The highest BCUT2D eigenvalue weighted by Crippen LogP contribution is 2.34. The van der Waals surface area contributed by atoms with Crippen LogP contribution < -0.4 is 0 Å². The Morgan fingerprint density at radius 3 is 2.56 bits per heavy atom. The van der Waals surface area contributed by atoms with Crippen LogP contribution in [0.5, 0.6) is 0 Å². The van der Waals surface area contributed by atoms with Crippen molar-refractivity contribution in [1.29, 1.82) is 0 Å². The first-order valence-electron chi connectivity index (χ1n) is 15.6. The summed E-state index contributed by atoms with van der Waals surface area (Å²) in [5, 5.41) is 1.16. The number of rotatable bonds is 9. The molecule has 0 saturated carbocycles. The van der Waals surface area contributed by atoms with Gasteiger partial charge in [-0.15, -0.1) is 0 Å². The second-order valence-electron chi connectivity index (χ2n) is 12.8. The molecule has 0 spiro atoms. The maximum atomic E-state index is 14.4. The number of nitrogens with zero attached hydrogens (tertiary/aromatic N) is 5. The van der Waals surface area contributed by atoms with E-state index < -0.39 is 5.82 Å². The number of methoxy groups -OCH3 is 1. The van der Waals surface area contributed by atoms with Crippen LogP contribution in [0.25, 0.3) is 16.6 Å². The summed E-state index contributed by atoms with van der Waals surface area (Å²) in [6.45, 7) is 12.2. The molecule has 2 aromatic heterocycles. The predicted molar refractivity (Wildman–Crippen MR) is 167 cm³/mol. The van der Waals surface area contributed by atoms with Gasteiger partial charge in [0.1, 0.15) is 12.4 Å². The highest BCUT2D eigenvalue weighted by Gasteiger charge is 2.33. The number of carbonyl (C=O) groups is 2. The molecule has 2 aliphatic rings. The predicted octanol–water partition coefficient (Wildman–Crippen LogP) is 5.09. The van der Waals surface area contributed by atoms with Crippen LogP contribution in [0.4, 0.5) is 4.39 Å². The van der Waals surface area contributed by atoms with Gasteiger partial charge in [0.2, 0.25) is 5.91 Å². The fourth-order valence-corrected chi connectivity index (χ4v) is 6.96. The van der Waals surface area contributed by atoms with Crippen molar-refractivity contribution in [3.05, 3.63) is 59.3 Å². The Bertz CT molecular complexity index is 1460. The standard InChI is InChI=1S/C34H46FN5O3/c1-22(2)37(5)34(42)29-16-28(35)7-8-30(29)40-20-27(33-23(3)17-36-18-31(33)40)15-25-9-12-39(19-25)24(4)26-10-13-38(14-11-26)32(41)21-43-6/h7-8,16-18,20,22,24-26H,9-15,19,21H2,1-6H3/t24-,25+/m0/s1. The normalized spacial score (nSPS) is 19.0. The molecule has 4 heterocycles. The topological polar surface area (TPSA) is 70.9 Å². The van der Waals surface area contributed by atoms with E-state index in [1.165, 1.54) is 17.7 Å². The molecular formula is C34H46FN5O3. The summed E-state index contributed by atoms with van der Waals surface area (Å²) < 4.78 is 21.5. The maximum Gasteiger partial charge on any atom is 0.256 e. The van der Waals surface area contributed by atoms with Crippen LogP contribution in [0.2, 0.25) is 0 Å². The molecule has 0 radical (unpaired) electrons. The Labute approximate surface area is 254 Å². The van der Waals surface area contributed by atoms with E-state index in [9.17, 15) is 14.0 Å². The van der Waals surface area contributed by atoms with E-state index in [0.717, 1.165) is 68.3 Å².